The molecule has 0 bridgehead atoms. The number of nitrogens with zero attached hydrogens (tertiary/aromatic N) is 2. The molecular weight excluding hydrogens is 128 g/mol. The van der Waals surface area contributed by atoms with Crippen LogP contribution in [0.15, 0.2) is 0 Å². The van der Waals surface area contributed by atoms with Crippen molar-refractivity contribution in [2.75, 3.05) is 41.5 Å². The van der Waals surface area contributed by atoms with Crippen molar-refractivity contribution >= 4 is 0 Å². The molecule has 4 heteroatoms. The van der Waals surface area contributed by atoms with Crippen molar-refractivity contribution in [2.45, 2.75) is 0 Å². The molecular formula is C6H18N4. The van der Waals surface area contributed by atoms with Crippen LogP contribution in [-0.2, 0) is 0 Å². The summed E-state index contributed by atoms with van der Waals surface area (Å²) in [6.45, 7) is 1.73. The fourth-order valence-corrected chi connectivity index (χ4v) is 0.688. The lowest BCUT2D eigenvalue weighted by atomic mass is 10.8. The van der Waals surface area contributed by atoms with Crippen molar-refractivity contribution in [1.29, 1.82) is 0 Å². The smallest absolute Gasteiger partial charge is 0.0638 e. The molecule has 0 atom stereocenters. The van der Waals surface area contributed by atoms with E-state index in [-0.39, 0.29) is 0 Å². The second-order valence-corrected chi connectivity index (χ2v) is 2.61. The van der Waals surface area contributed by atoms with E-state index in [1.807, 2.05) is 33.2 Å². The van der Waals surface area contributed by atoms with Crippen LogP contribution in [0.3, 0.4) is 0 Å². The van der Waals surface area contributed by atoms with Gasteiger partial charge in [0.2, 0.25) is 0 Å². The van der Waals surface area contributed by atoms with Crippen LogP contribution in [0, 0.1) is 0 Å². The topological polar surface area (TPSA) is 30.5 Å². The van der Waals surface area contributed by atoms with Crippen molar-refractivity contribution in [3.8, 4) is 0 Å². The molecule has 0 aromatic heterocycles. The van der Waals surface area contributed by atoms with Gasteiger partial charge in [0.25, 0.3) is 0 Å². The maximum Gasteiger partial charge on any atom is 0.0638 e. The summed E-state index contributed by atoms with van der Waals surface area (Å²) in [6, 6.07) is 0. The third kappa shape index (κ3) is 5.97. The van der Waals surface area contributed by atoms with E-state index in [0.29, 0.717) is 0 Å². The van der Waals surface area contributed by atoms with Crippen LogP contribution < -0.4 is 10.7 Å². The Hall–Kier alpha value is -0.160. The van der Waals surface area contributed by atoms with Crippen LogP contribution >= 0.6 is 0 Å². The quantitative estimate of drug-likeness (QED) is 0.389. The maximum atomic E-state index is 3.14. The highest BCUT2D eigenvalue weighted by molar-refractivity contribution is 4.40. The van der Waals surface area contributed by atoms with E-state index >= 15 is 0 Å². The first-order chi connectivity index (χ1) is 4.66. The van der Waals surface area contributed by atoms with Crippen molar-refractivity contribution in [3.63, 3.8) is 0 Å². The van der Waals surface area contributed by atoms with Crippen LogP contribution in [0.5, 0.6) is 0 Å². The fourth-order valence-electron chi connectivity index (χ4n) is 0.688. The zero-order chi connectivity index (χ0) is 7.98. The SMILES string of the molecule is CNCNN(C)CN(C)C. The van der Waals surface area contributed by atoms with Gasteiger partial charge in [0.05, 0.1) is 13.3 Å². The first-order valence-electron chi connectivity index (χ1n) is 3.40. The van der Waals surface area contributed by atoms with Crippen molar-refractivity contribution in [1.82, 2.24) is 20.7 Å². The Labute approximate surface area is 63.2 Å². The van der Waals surface area contributed by atoms with E-state index in [0.717, 1.165) is 13.3 Å². The summed E-state index contributed by atoms with van der Waals surface area (Å²) in [5, 5.41) is 5.02. The Bertz CT molecular complexity index is 74.1. The lowest BCUT2D eigenvalue weighted by Gasteiger charge is -2.21. The summed E-state index contributed by atoms with van der Waals surface area (Å²) in [5.41, 5.74) is 3.14. The normalized spacial score (nSPS) is 11.4. The Morgan fingerprint density at radius 1 is 1.20 bits per heavy atom. The number of hydrogen-bond donors (Lipinski definition) is 2. The predicted molar refractivity (Wildman–Crippen MR) is 43.4 cm³/mol. The number of rotatable bonds is 5. The molecule has 0 saturated carbocycles. The van der Waals surface area contributed by atoms with E-state index < -0.39 is 0 Å². The molecule has 4 nitrogen and oxygen atoms in total. The summed E-state index contributed by atoms with van der Waals surface area (Å²) in [4.78, 5) is 2.10. The molecule has 0 radical (unpaired) electrons. The third-order valence-corrected chi connectivity index (χ3v) is 1.02. The van der Waals surface area contributed by atoms with E-state index in [2.05, 4.69) is 15.6 Å². The van der Waals surface area contributed by atoms with Crippen molar-refractivity contribution in [2.24, 2.45) is 0 Å². The lowest BCUT2D eigenvalue weighted by Crippen LogP contribution is -2.44. The summed E-state index contributed by atoms with van der Waals surface area (Å²) in [7, 11) is 8.00. The van der Waals surface area contributed by atoms with Crippen LogP contribution in [0.4, 0.5) is 0 Å². The predicted octanol–water partition coefficient (Wildman–Crippen LogP) is -0.881. The molecule has 0 aliphatic rings. The summed E-state index contributed by atoms with van der Waals surface area (Å²) < 4.78 is 0. The Morgan fingerprint density at radius 2 is 1.80 bits per heavy atom. The minimum absolute atomic E-state index is 0.810. The number of hydrogen-bond acceptors (Lipinski definition) is 4. The second-order valence-electron chi connectivity index (χ2n) is 2.61. The van der Waals surface area contributed by atoms with Gasteiger partial charge in [-0.2, -0.15) is 0 Å². The van der Waals surface area contributed by atoms with Gasteiger partial charge in [0.15, 0.2) is 0 Å². The molecule has 62 valence electrons. The Morgan fingerprint density at radius 3 is 2.20 bits per heavy atom. The van der Waals surface area contributed by atoms with E-state index in [1.165, 1.54) is 0 Å². The van der Waals surface area contributed by atoms with Crippen LogP contribution in [0.25, 0.3) is 0 Å². The monoisotopic (exact) mass is 146 g/mol. The fraction of sp³-hybridized carbons (Fsp3) is 1.00. The molecule has 0 aliphatic carbocycles. The minimum atomic E-state index is 0.810. The first kappa shape index (κ1) is 9.84. The van der Waals surface area contributed by atoms with Crippen molar-refractivity contribution in [3.05, 3.63) is 0 Å². The van der Waals surface area contributed by atoms with Crippen LogP contribution in [0.1, 0.15) is 0 Å². The van der Waals surface area contributed by atoms with E-state index in [9.17, 15) is 0 Å². The summed E-state index contributed by atoms with van der Waals surface area (Å²) in [6.07, 6.45) is 0. The molecule has 0 unspecified atom stereocenters. The molecule has 0 rings (SSSR count). The zero-order valence-corrected chi connectivity index (χ0v) is 7.31. The van der Waals surface area contributed by atoms with Crippen LogP contribution in [0.2, 0.25) is 0 Å². The molecule has 0 aromatic rings. The first-order valence-corrected chi connectivity index (χ1v) is 3.40. The average molecular weight is 146 g/mol. The zero-order valence-electron chi connectivity index (χ0n) is 7.31. The molecule has 0 amide bonds. The summed E-state index contributed by atoms with van der Waals surface area (Å²) >= 11 is 0. The minimum Gasteiger partial charge on any atom is -0.307 e. The molecule has 0 aromatic carbocycles. The van der Waals surface area contributed by atoms with Gasteiger partial charge in [0, 0.05) is 7.05 Å². The van der Waals surface area contributed by atoms with Gasteiger partial charge < -0.3 is 5.32 Å². The average Bonchev–Trinajstić information content (AvgIpc) is 1.82. The molecule has 0 heterocycles. The highest BCUT2D eigenvalue weighted by Gasteiger charge is 1.95. The second kappa shape index (κ2) is 5.61. The lowest BCUT2D eigenvalue weighted by molar-refractivity contribution is 0.147. The highest BCUT2D eigenvalue weighted by atomic mass is 15.5. The number of hydrazine groups is 1. The Balaban J connectivity index is 3.16. The van der Waals surface area contributed by atoms with Gasteiger partial charge in [-0.1, -0.05) is 0 Å². The van der Waals surface area contributed by atoms with E-state index in [1.54, 1.807) is 0 Å². The van der Waals surface area contributed by atoms with Gasteiger partial charge in [-0.25, -0.2) is 10.4 Å². The van der Waals surface area contributed by atoms with Gasteiger partial charge >= 0.3 is 0 Å². The highest BCUT2D eigenvalue weighted by Crippen LogP contribution is 1.76. The molecule has 0 spiro atoms. The molecule has 0 fully saturated rings. The molecule has 2 N–H and O–H groups in total. The van der Waals surface area contributed by atoms with Crippen LogP contribution in [-0.4, -0.2) is 51.4 Å². The maximum absolute atomic E-state index is 3.14. The van der Waals surface area contributed by atoms with Gasteiger partial charge in [-0.3, -0.25) is 4.90 Å². The summed E-state index contributed by atoms with van der Waals surface area (Å²) in [5.74, 6) is 0. The molecule has 10 heavy (non-hydrogen) atoms. The van der Waals surface area contributed by atoms with Crippen molar-refractivity contribution < 1.29 is 0 Å². The van der Waals surface area contributed by atoms with Gasteiger partial charge in [0.1, 0.15) is 0 Å². The Kier molecular flexibility index (Phi) is 5.52. The van der Waals surface area contributed by atoms with Gasteiger partial charge in [-0.15, -0.1) is 0 Å². The molecule has 0 saturated heterocycles. The number of nitrogens with one attached hydrogen (secondary N) is 2. The third-order valence-electron chi connectivity index (χ3n) is 1.02. The molecule has 0 aliphatic heterocycles. The standard InChI is InChI=1S/C6H18N4/c1-7-5-8-10(4)6-9(2)3/h7-8H,5-6H2,1-4H3. The van der Waals surface area contributed by atoms with E-state index in [4.69, 9.17) is 0 Å². The van der Waals surface area contributed by atoms with Gasteiger partial charge in [-0.05, 0) is 21.1 Å². The largest absolute Gasteiger partial charge is 0.307 e.